The Morgan fingerprint density at radius 1 is 0.604 bits per heavy atom. The maximum atomic E-state index is 12.1. The number of phosphoric ester groups is 1. The number of amides is 1. The largest absolute Gasteiger partial charge is 0.472 e. The van der Waals surface area contributed by atoms with Crippen molar-refractivity contribution in [2.75, 3.05) is 26.4 Å². The Kier molecular flexibility index (Phi) is 38.1. The van der Waals surface area contributed by atoms with Crippen molar-refractivity contribution in [3.8, 4) is 0 Å². The Labute approximate surface area is 324 Å². The van der Waals surface area contributed by atoms with Gasteiger partial charge in [0.15, 0.2) is 0 Å². The predicted octanol–water partition coefficient (Wildman–Crippen LogP) is 11.5. The molecule has 0 aliphatic heterocycles. The molecule has 2 atom stereocenters. The van der Waals surface area contributed by atoms with Crippen molar-refractivity contribution in [3.63, 3.8) is 0 Å². The molecule has 0 saturated carbocycles. The van der Waals surface area contributed by atoms with Crippen LogP contribution in [-0.2, 0) is 27.9 Å². The van der Waals surface area contributed by atoms with E-state index in [0.29, 0.717) is 6.42 Å². The lowest BCUT2D eigenvalue weighted by molar-refractivity contribution is -0.147. The van der Waals surface area contributed by atoms with Gasteiger partial charge in [0.25, 0.3) is 0 Å². The van der Waals surface area contributed by atoms with E-state index in [1.165, 1.54) is 64.2 Å². The first-order valence-electron chi connectivity index (χ1n) is 21.1. The molecule has 9 nitrogen and oxygen atoms in total. The molecule has 3 N–H and O–H groups in total. The summed E-state index contributed by atoms with van der Waals surface area (Å²) in [6.45, 7) is 3.41. The molecule has 0 spiro atoms. The van der Waals surface area contributed by atoms with E-state index in [0.717, 1.165) is 89.9 Å². The number of nitrogens with one attached hydrogen (secondary N) is 1. The fourth-order valence-electron chi connectivity index (χ4n) is 5.57. The van der Waals surface area contributed by atoms with Crippen molar-refractivity contribution < 1.29 is 37.9 Å². The minimum atomic E-state index is -4.42. The Bertz CT molecular complexity index is 1010. The normalized spacial score (nSPS) is 13.8. The molecular weight excluding hydrogens is 689 g/mol. The molecule has 10 heteroatoms. The summed E-state index contributed by atoms with van der Waals surface area (Å²) in [4.78, 5) is 33.9. The highest BCUT2D eigenvalue weighted by Gasteiger charge is 2.23. The number of carbonyl (C=O) groups is 2. The number of carbonyl (C=O) groups excluding carboxylic acids is 2. The van der Waals surface area contributed by atoms with Crippen LogP contribution >= 0.6 is 7.82 Å². The summed E-state index contributed by atoms with van der Waals surface area (Å²) < 4.78 is 26.8. The van der Waals surface area contributed by atoms with Crippen molar-refractivity contribution >= 4 is 19.7 Å². The van der Waals surface area contributed by atoms with E-state index < -0.39 is 26.5 Å². The number of aliphatic hydroxyl groups excluding tert-OH is 1. The van der Waals surface area contributed by atoms with E-state index in [1.807, 2.05) is 0 Å². The minimum absolute atomic E-state index is 0.0703. The quantitative estimate of drug-likeness (QED) is 0.0244. The van der Waals surface area contributed by atoms with Crippen LogP contribution in [0, 0.1) is 0 Å². The number of rotatable bonds is 39. The van der Waals surface area contributed by atoms with Gasteiger partial charge in [-0.25, -0.2) is 4.57 Å². The van der Waals surface area contributed by atoms with Crippen molar-refractivity contribution in [3.05, 3.63) is 48.6 Å². The van der Waals surface area contributed by atoms with Crippen LogP contribution in [0.5, 0.6) is 0 Å². The fourth-order valence-corrected chi connectivity index (χ4v) is 6.32. The van der Waals surface area contributed by atoms with E-state index in [1.54, 1.807) is 0 Å². The summed E-state index contributed by atoms with van der Waals surface area (Å²) in [5.74, 6) is -0.539. The average Bonchev–Trinajstić information content (AvgIpc) is 3.14. The van der Waals surface area contributed by atoms with Crippen LogP contribution in [0.3, 0.4) is 0 Å². The van der Waals surface area contributed by atoms with Crippen molar-refractivity contribution in [2.24, 2.45) is 0 Å². The van der Waals surface area contributed by atoms with Crippen molar-refractivity contribution in [1.82, 2.24) is 5.32 Å². The molecule has 0 saturated heterocycles. The molecule has 0 aliphatic rings. The molecule has 0 aliphatic carbocycles. The number of esters is 1. The third-order valence-electron chi connectivity index (χ3n) is 8.74. The van der Waals surface area contributed by atoms with E-state index in [9.17, 15) is 24.2 Å². The van der Waals surface area contributed by atoms with Gasteiger partial charge in [-0.15, -0.1) is 0 Å². The van der Waals surface area contributed by atoms with E-state index in [2.05, 4.69) is 67.8 Å². The van der Waals surface area contributed by atoms with Gasteiger partial charge in [-0.05, 0) is 70.6 Å². The molecule has 0 rings (SSSR count). The van der Waals surface area contributed by atoms with Gasteiger partial charge in [-0.3, -0.25) is 18.6 Å². The SMILES string of the molecule is CC/C=C\C/C=C\C/C=C\CCCCCCCC(=O)NCCOP(=O)(O)OCC(O)COC(=O)CCCCCCCCC/C=C\CCCCCCCC. The third kappa shape index (κ3) is 41.0. The summed E-state index contributed by atoms with van der Waals surface area (Å²) in [7, 11) is -4.42. The molecule has 0 heterocycles. The Morgan fingerprint density at radius 2 is 1.08 bits per heavy atom. The molecule has 0 bridgehead atoms. The second-order valence-electron chi connectivity index (χ2n) is 13.9. The zero-order valence-corrected chi connectivity index (χ0v) is 34.6. The van der Waals surface area contributed by atoms with E-state index in [-0.39, 0.29) is 32.1 Å². The van der Waals surface area contributed by atoms with Gasteiger partial charge in [0.2, 0.25) is 5.91 Å². The number of hydrogen-bond donors (Lipinski definition) is 3. The van der Waals surface area contributed by atoms with Crippen LogP contribution < -0.4 is 5.32 Å². The second-order valence-corrected chi connectivity index (χ2v) is 15.4. The summed E-state index contributed by atoms with van der Waals surface area (Å²) in [5, 5.41) is 12.7. The second kappa shape index (κ2) is 39.7. The third-order valence-corrected chi connectivity index (χ3v) is 9.73. The molecule has 2 unspecified atom stereocenters. The Hall–Kier alpha value is -2.03. The molecule has 0 aromatic rings. The maximum absolute atomic E-state index is 12.1. The molecule has 0 aromatic carbocycles. The first kappa shape index (κ1) is 51.0. The monoisotopic (exact) mass is 768 g/mol. The molecule has 53 heavy (non-hydrogen) atoms. The van der Waals surface area contributed by atoms with Crippen LogP contribution in [0.4, 0.5) is 0 Å². The Balaban J connectivity index is 3.63. The summed E-state index contributed by atoms with van der Waals surface area (Å²) >= 11 is 0. The highest BCUT2D eigenvalue weighted by atomic mass is 31.2. The molecular formula is C43H78NO8P. The summed E-state index contributed by atoms with van der Waals surface area (Å²) in [6, 6.07) is 0. The fraction of sp³-hybridized carbons (Fsp3) is 0.767. The Morgan fingerprint density at radius 3 is 1.64 bits per heavy atom. The predicted molar refractivity (Wildman–Crippen MR) is 220 cm³/mol. The highest BCUT2D eigenvalue weighted by Crippen LogP contribution is 2.42. The number of unbranched alkanes of at least 4 members (excludes halogenated alkanes) is 18. The molecule has 0 fully saturated rings. The van der Waals surface area contributed by atoms with Gasteiger partial charge >= 0.3 is 13.8 Å². The molecule has 0 radical (unpaired) electrons. The van der Waals surface area contributed by atoms with Crippen LogP contribution in [-0.4, -0.2) is 54.3 Å². The van der Waals surface area contributed by atoms with Gasteiger partial charge in [-0.2, -0.15) is 0 Å². The highest BCUT2D eigenvalue weighted by molar-refractivity contribution is 7.47. The molecule has 0 aromatic heterocycles. The maximum Gasteiger partial charge on any atom is 0.472 e. The van der Waals surface area contributed by atoms with Gasteiger partial charge < -0.3 is 20.1 Å². The van der Waals surface area contributed by atoms with E-state index >= 15 is 0 Å². The zero-order valence-electron chi connectivity index (χ0n) is 33.7. The van der Waals surface area contributed by atoms with E-state index in [4.69, 9.17) is 13.8 Å². The van der Waals surface area contributed by atoms with Gasteiger partial charge in [0.1, 0.15) is 12.7 Å². The van der Waals surface area contributed by atoms with Gasteiger partial charge in [-0.1, -0.05) is 146 Å². The standard InChI is InChI=1S/C43H78NO8P/c1-3-5-7-9-11-13-15-17-19-20-22-24-26-28-30-32-34-36-43(47)50-39-41(45)40-52-53(48,49)51-38-37-44-42(46)35-33-31-29-27-25-23-21-18-16-14-12-10-8-6-4-2/h6,8,12,14,17-19,21,41,45H,3-5,7,9-11,13,15-16,20,22-40H2,1-2H3,(H,44,46)(H,48,49)/b8-6-,14-12-,19-17-,21-18-. The average molecular weight is 768 g/mol. The number of ether oxygens (including phenoxy) is 1. The van der Waals surface area contributed by atoms with Crippen LogP contribution in [0.2, 0.25) is 0 Å². The summed E-state index contributed by atoms with van der Waals surface area (Å²) in [6.07, 6.45) is 44.7. The van der Waals surface area contributed by atoms with Crippen LogP contribution in [0.25, 0.3) is 0 Å². The minimum Gasteiger partial charge on any atom is -0.463 e. The first-order valence-corrected chi connectivity index (χ1v) is 22.6. The topological polar surface area (TPSA) is 131 Å². The molecule has 1 amide bonds. The summed E-state index contributed by atoms with van der Waals surface area (Å²) in [5.41, 5.74) is 0. The number of phosphoric acid groups is 1. The lowest BCUT2D eigenvalue weighted by Gasteiger charge is -2.15. The van der Waals surface area contributed by atoms with Crippen molar-refractivity contribution in [2.45, 2.75) is 187 Å². The number of allylic oxidation sites excluding steroid dienone is 8. The van der Waals surface area contributed by atoms with Crippen LogP contribution in [0.1, 0.15) is 181 Å². The van der Waals surface area contributed by atoms with Crippen molar-refractivity contribution in [1.29, 1.82) is 0 Å². The van der Waals surface area contributed by atoms with Crippen LogP contribution in [0.15, 0.2) is 48.6 Å². The van der Waals surface area contributed by atoms with Gasteiger partial charge in [0, 0.05) is 19.4 Å². The smallest absolute Gasteiger partial charge is 0.463 e. The van der Waals surface area contributed by atoms with Gasteiger partial charge in [0.05, 0.1) is 13.2 Å². The zero-order chi connectivity index (χ0) is 38.9. The lowest BCUT2D eigenvalue weighted by Crippen LogP contribution is -2.27. The first-order chi connectivity index (χ1) is 25.8. The number of hydrogen-bond acceptors (Lipinski definition) is 7. The number of aliphatic hydroxyl groups is 1. The molecule has 308 valence electrons. The lowest BCUT2D eigenvalue weighted by atomic mass is 10.1.